The molecule has 0 saturated heterocycles. The smallest absolute Gasteiger partial charge is 0.306 e. The highest BCUT2D eigenvalue weighted by Crippen LogP contribution is 2.11. The first kappa shape index (κ1) is 41.9. The average molecular weight is 617 g/mol. The summed E-state index contributed by atoms with van der Waals surface area (Å²) in [7, 11) is 0. The number of unbranched alkanes of at least 4 members (excludes halogenated alkanes) is 16. The van der Waals surface area contributed by atoms with Crippen LogP contribution in [0.5, 0.6) is 0 Å². The van der Waals surface area contributed by atoms with Gasteiger partial charge in [0, 0.05) is 12.8 Å². The molecule has 0 aromatic carbocycles. The zero-order chi connectivity index (χ0) is 32.2. The normalized spacial score (nSPS) is 12.7. The summed E-state index contributed by atoms with van der Waals surface area (Å²) in [6.07, 6.45) is 43.0. The predicted octanol–water partition coefficient (Wildman–Crippen LogP) is 11.1. The Morgan fingerprint density at radius 2 is 0.909 bits per heavy atom. The molecule has 5 nitrogen and oxygen atoms in total. The Hall–Kier alpha value is -2.14. The second-order valence-electron chi connectivity index (χ2n) is 11.9. The highest BCUT2D eigenvalue weighted by molar-refractivity contribution is 5.70. The van der Waals surface area contributed by atoms with Gasteiger partial charge in [0.25, 0.3) is 0 Å². The predicted molar refractivity (Wildman–Crippen MR) is 187 cm³/mol. The molecular formula is C39H68O5. The van der Waals surface area contributed by atoms with Gasteiger partial charge in [-0.1, -0.05) is 127 Å². The molecular weight excluding hydrogens is 548 g/mol. The van der Waals surface area contributed by atoms with E-state index in [2.05, 4.69) is 62.5 Å². The Morgan fingerprint density at radius 3 is 1.43 bits per heavy atom. The molecule has 44 heavy (non-hydrogen) atoms. The number of allylic oxidation sites excluding steroid dienone is 8. The van der Waals surface area contributed by atoms with E-state index in [0.29, 0.717) is 12.8 Å². The molecule has 0 amide bonds. The number of aliphatic hydroxyl groups excluding tert-OH is 1. The lowest BCUT2D eigenvalue weighted by Crippen LogP contribution is -2.28. The molecule has 0 unspecified atom stereocenters. The molecule has 5 heteroatoms. The van der Waals surface area contributed by atoms with Crippen LogP contribution in [-0.4, -0.2) is 36.4 Å². The van der Waals surface area contributed by atoms with Crippen molar-refractivity contribution in [2.24, 2.45) is 0 Å². The summed E-state index contributed by atoms with van der Waals surface area (Å²) in [5.41, 5.74) is 0. The lowest BCUT2D eigenvalue weighted by atomic mass is 10.1. The summed E-state index contributed by atoms with van der Waals surface area (Å²) in [5.74, 6) is -0.630. The molecule has 0 rings (SSSR count). The fourth-order valence-corrected chi connectivity index (χ4v) is 4.79. The van der Waals surface area contributed by atoms with Crippen molar-refractivity contribution in [1.29, 1.82) is 0 Å². The van der Waals surface area contributed by atoms with Gasteiger partial charge in [-0.3, -0.25) is 9.59 Å². The van der Waals surface area contributed by atoms with Gasteiger partial charge in [-0.05, 0) is 77.0 Å². The second-order valence-corrected chi connectivity index (χ2v) is 11.9. The van der Waals surface area contributed by atoms with Crippen molar-refractivity contribution in [2.45, 2.75) is 174 Å². The van der Waals surface area contributed by atoms with Crippen LogP contribution in [0, 0.1) is 0 Å². The molecule has 0 heterocycles. The topological polar surface area (TPSA) is 72.8 Å². The molecule has 0 radical (unpaired) electrons. The Kier molecular flexibility index (Phi) is 33.6. The SMILES string of the molecule is CCCCCC=CCC=CCC=CCCCCCCC(=O)OC[C@H](CO)OC(=O)CCCCCCCC=CCCCCCC. The van der Waals surface area contributed by atoms with Crippen LogP contribution in [-0.2, 0) is 19.1 Å². The molecule has 1 N–H and O–H groups in total. The van der Waals surface area contributed by atoms with Crippen LogP contribution in [0.1, 0.15) is 168 Å². The van der Waals surface area contributed by atoms with Crippen molar-refractivity contribution in [3.05, 3.63) is 48.6 Å². The second kappa shape index (κ2) is 35.3. The molecule has 0 aromatic heterocycles. The summed E-state index contributed by atoms with van der Waals surface area (Å²) in [4.78, 5) is 24.2. The number of rotatable bonds is 32. The molecule has 0 aromatic rings. The van der Waals surface area contributed by atoms with Gasteiger partial charge in [0.1, 0.15) is 6.61 Å². The van der Waals surface area contributed by atoms with Gasteiger partial charge in [0.2, 0.25) is 0 Å². The summed E-state index contributed by atoms with van der Waals surface area (Å²) in [5, 5.41) is 9.52. The number of hydrogen-bond donors (Lipinski definition) is 1. The molecule has 0 bridgehead atoms. The van der Waals surface area contributed by atoms with E-state index in [4.69, 9.17) is 9.47 Å². The van der Waals surface area contributed by atoms with Crippen molar-refractivity contribution in [3.8, 4) is 0 Å². The summed E-state index contributed by atoms with van der Waals surface area (Å²) in [6.45, 7) is 4.05. The quantitative estimate of drug-likeness (QED) is 0.0462. The van der Waals surface area contributed by atoms with Gasteiger partial charge in [0.15, 0.2) is 6.10 Å². The number of ether oxygens (including phenoxy) is 2. The highest BCUT2D eigenvalue weighted by atomic mass is 16.6. The van der Waals surface area contributed by atoms with Gasteiger partial charge in [-0.2, -0.15) is 0 Å². The van der Waals surface area contributed by atoms with Gasteiger partial charge in [-0.25, -0.2) is 0 Å². The third-order valence-corrected chi connectivity index (χ3v) is 7.60. The first-order valence-electron chi connectivity index (χ1n) is 18.2. The van der Waals surface area contributed by atoms with Crippen LogP contribution in [0.3, 0.4) is 0 Å². The summed E-state index contributed by atoms with van der Waals surface area (Å²) >= 11 is 0. The Labute approximate surface area is 271 Å². The van der Waals surface area contributed by atoms with E-state index in [0.717, 1.165) is 70.6 Å². The average Bonchev–Trinajstić information content (AvgIpc) is 3.02. The molecule has 0 aliphatic rings. The van der Waals surface area contributed by atoms with Crippen molar-refractivity contribution in [1.82, 2.24) is 0 Å². The van der Waals surface area contributed by atoms with E-state index in [-0.39, 0.29) is 25.2 Å². The number of aliphatic hydroxyl groups is 1. The number of carbonyl (C=O) groups excluding carboxylic acids is 2. The van der Waals surface area contributed by atoms with Crippen molar-refractivity contribution in [2.75, 3.05) is 13.2 Å². The first-order chi connectivity index (χ1) is 21.6. The fraction of sp³-hybridized carbons (Fsp3) is 0.744. The van der Waals surface area contributed by atoms with Crippen LogP contribution >= 0.6 is 0 Å². The van der Waals surface area contributed by atoms with Crippen LogP contribution < -0.4 is 0 Å². The Bertz CT molecular complexity index is 752. The molecule has 0 fully saturated rings. The van der Waals surface area contributed by atoms with E-state index in [1.54, 1.807) is 0 Å². The maximum atomic E-state index is 12.1. The number of esters is 2. The van der Waals surface area contributed by atoms with Gasteiger partial charge in [-0.15, -0.1) is 0 Å². The van der Waals surface area contributed by atoms with E-state index in [1.165, 1.54) is 70.6 Å². The van der Waals surface area contributed by atoms with Crippen molar-refractivity contribution in [3.63, 3.8) is 0 Å². The van der Waals surface area contributed by atoms with Crippen LogP contribution in [0.15, 0.2) is 48.6 Å². The minimum absolute atomic E-state index is 0.0817. The molecule has 1 atom stereocenters. The van der Waals surface area contributed by atoms with E-state index in [1.807, 2.05) is 0 Å². The number of carbonyl (C=O) groups is 2. The minimum Gasteiger partial charge on any atom is -0.462 e. The molecule has 0 saturated carbocycles. The monoisotopic (exact) mass is 617 g/mol. The van der Waals surface area contributed by atoms with Crippen LogP contribution in [0.4, 0.5) is 0 Å². The molecule has 254 valence electrons. The van der Waals surface area contributed by atoms with E-state index < -0.39 is 6.10 Å². The third-order valence-electron chi connectivity index (χ3n) is 7.60. The lowest BCUT2D eigenvalue weighted by molar-refractivity contribution is -0.161. The number of hydrogen-bond acceptors (Lipinski definition) is 5. The van der Waals surface area contributed by atoms with Crippen LogP contribution in [0.2, 0.25) is 0 Å². The molecule has 0 spiro atoms. The Balaban J connectivity index is 3.65. The van der Waals surface area contributed by atoms with E-state index in [9.17, 15) is 14.7 Å². The van der Waals surface area contributed by atoms with Gasteiger partial charge in [0.05, 0.1) is 6.61 Å². The standard InChI is InChI=1S/C39H68O5/c1-3-5-7-9-11-13-15-17-18-19-20-22-23-25-27-29-31-33-38(41)43-36-37(35-40)44-39(42)34-32-30-28-26-24-21-16-14-12-10-8-6-4-2/h11,13-14,16-18,20,22,37,40H,3-10,12,15,19,21,23-36H2,1-2H3/t37-/m0/s1. The lowest BCUT2D eigenvalue weighted by Gasteiger charge is -2.15. The van der Waals surface area contributed by atoms with E-state index >= 15 is 0 Å². The maximum Gasteiger partial charge on any atom is 0.306 e. The van der Waals surface area contributed by atoms with Crippen molar-refractivity contribution < 1.29 is 24.2 Å². The highest BCUT2D eigenvalue weighted by Gasteiger charge is 2.16. The first-order valence-corrected chi connectivity index (χ1v) is 18.2. The fourth-order valence-electron chi connectivity index (χ4n) is 4.79. The zero-order valence-electron chi connectivity index (χ0n) is 28.7. The zero-order valence-corrected chi connectivity index (χ0v) is 28.7. The van der Waals surface area contributed by atoms with Crippen molar-refractivity contribution >= 4 is 11.9 Å². The molecule has 0 aliphatic heterocycles. The Morgan fingerprint density at radius 1 is 0.523 bits per heavy atom. The molecule has 0 aliphatic carbocycles. The maximum absolute atomic E-state index is 12.1. The van der Waals surface area contributed by atoms with Crippen LogP contribution in [0.25, 0.3) is 0 Å². The van der Waals surface area contributed by atoms with Gasteiger partial charge >= 0.3 is 11.9 Å². The third kappa shape index (κ3) is 32.8. The van der Waals surface area contributed by atoms with Gasteiger partial charge < -0.3 is 14.6 Å². The largest absolute Gasteiger partial charge is 0.462 e. The summed E-state index contributed by atoms with van der Waals surface area (Å²) in [6, 6.07) is 0. The summed E-state index contributed by atoms with van der Waals surface area (Å²) < 4.78 is 10.6. The minimum atomic E-state index is -0.783.